The minimum Gasteiger partial charge on any atom is -0.475 e. The van der Waals surface area contributed by atoms with E-state index in [1.54, 1.807) is 18.3 Å². The van der Waals surface area contributed by atoms with Gasteiger partial charge in [-0.05, 0) is 30.3 Å². The molecule has 0 fully saturated rings. The number of aromatic amines is 1. The van der Waals surface area contributed by atoms with Gasteiger partial charge in [-0.1, -0.05) is 17.7 Å². The maximum absolute atomic E-state index is 11.9. The molecule has 3 N–H and O–H groups in total. The molecule has 0 aliphatic heterocycles. The number of benzene rings is 1. The Morgan fingerprint density at radius 1 is 1.26 bits per heavy atom. The van der Waals surface area contributed by atoms with E-state index >= 15 is 0 Å². The first kappa shape index (κ1) is 15.2. The molecular formula is C16H15ClN4O2. The van der Waals surface area contributed by atoms with E-state index < -0.39 is 0 Å². The lowest BCUT2D eigenvalue weighted by Gasteiger charge is -2.10. The van der Waals surface area contributed by atoms with Gasteiger partial charge in [0.2, 0.25) is 5.88 Å². The molecule has 0 saturated carbocycles. The number of amides is 2. The van der Waals surface area contributed by atoms with Crippen LogP contribution in [0.2, 0.25) is 5.02 Å². The smallest absolute Gasteiger partial charge is 0.319 e. The highest BCUT2D eigenvalue weighted by Gasteiger charge is 2.06. The number of hydrogen-bond donors (Lipinski definition) is 3. The van der Waals surface area contributed by atoms with Gasteiger partial charge in [0.15, 0.2) is 0 Å². The Bertz CT molecular complexity index is 818. The Hall–Kier alpha value is -2.73. The van der Waals surface area contributed by atoms with Crippen LogP contribution in [0.25, 0.3) is 10.9 Å². The van der Waals surface area contributed by atoms with Gasteiger partial charge in [0.25, 0.3) is 0 Å². The molecule has 0 radical (unpaired) electrons. The van der Waals surface area contributed by atoms with Crippen molar-refractivity contribution in [2.75, 3.05) is 18.5 Å². The molecule has 0 spiro atoms. The number of H-pyrrole nitrogens is 1. The predicted molar refractivity (Wildman–Crippen MR) is 90.1 cm³/mol. The summed E-state index contributed by atoms with van der Waals surface area (Å²) in [4.78, 5) is 19.0. The quantitative estimate of drug-likeness (QED) is 0.627. The first-order valence-corrected chi connectivity index (χ1v) is 7.46. The van der Waals surface area contributed by atoms with Crippen molar-refractivity contribution in [1.29, 1.82) is 0 Å². The molecule has 6 nitrogen and oxygen atoms in total. The average Bonchev–Trinajstić information content (AvgIpc) is 3.03. The van der Waals surface area contributed by atoms with Crippen LogP contribution in [0.3, 0.4) is 0 Å². The van der Waals surface area contributed by atoms with Gasteiger partial charge >= 0.3 is 6.03 Å². The van der Waals surface area contributed by atoms with Crippen molar-refractivity contribution in [3.63, 3.8) is 0 Å². The fourth-order valence-corrected chi connectivity index (χ4v) is 2.33. The number of urea groups is 1. The van der Waals surface area contributed by atoms with Crippen molar-refractivity contribution in [1.82, 2.24) is 15.3 Å². The van der Waals surface area contributed by atoms with E-state index in [-0.39, 0.29) is 12.6 Å². The molecule has 0 aliphatic carbocycles. The molecule has 1 aromatic carbocycles. The van der Waals surface area contributed by atoms with Crippen molar-refractivity contribution < 1.29 is 9.53 Å². The fraction of sp³-hybridized carbons (Fsp3) is 0.125. The number of nitrogens with one attached hydrogen (secondary N) is 3. The van der Waals surface area contributed by atoms with Gasteiger partial charge in [0, 0.05) is 23.3 Å². The zero-order valence-corrected chi connectivity index (χ0v) is 12.9. The van der Waals surface area contributed by atoms with Crippen LogP contribution < -0.4 is 15.4 Å². The van der Waals surface area contributed by atoms with Crippen molar-refractivity contribution in [3.05, 3.63) is 53.8 Å². The number of ether oxygens (including phenoxy) is 1. The highest BCUT2D eigenvalue weighted by molar-refractivity contribution is 6.31. The van der Waals surface area contributed by atoms with Gasteiger partial charge < -0.3 is 20.4 Å². The third-order valence-electron chi connectivity index (χ3n) is 3.19. The maximum Gasteiger partial charge on any atom is 0.319 e. The van der Waals surface area contributed by atoms with Crippen LogP contribution in [-0.4, -0.2) is 29.2 Å². The number of hydrogen-bond acceptors (Lipinski definition) is 3. The normalized spacial score (nSPS) is 10.5. The molecule has 23 heavy (non-hydrogen) atoms. The highest BCUT2D eigenvalue weighted by Crippen LogP contribution is 2.22. The largest absolute Gasteiger partial charge is 0.475 e. The third-order valence-corrected chi connectivity index (χ3v) is 3.48. The van der Waals surface area contributed by atoms with Crippen LogP contribution in [0.5, 0.6) is 5.88 Å². The minimum atomic E-state index is -0.297. The lowest BCUT2D eigenvalue weighted by molar-refractivity contribution is 0.246. The summed E-state index contributed by atoms with van der Waals surface area (Å²) in [6.45, 7) is 0.611. The molecule has 7 heteroatoms. The van der Waals surface area contributed by atoms with E-state index in [1.165, 1.54) is 0 Å². The van der Waals surface area contributed by atoms with Gasteiger partial charge in [0.05, 0.1) is 12.2 Å². The van der Waals surface area contributed by atoms with Gasteiger partial charge in [-0.25, -0.2) is 9.78 Å². The van der Waals surface area contributed by atoms with Gasteiger partial charge in [-0.3, -0.25) is 0 Å². The zero-order chi connectivity index (χ0) is 16.1. The van der Waals surface area contributed by atoms with Crippen LogP contribution in [0.4, 0.5) is 10.5 Å². The Morgan fingerprint density at radius 2 is 2.17 bits per heavy atom. The second kappa shape index (κ2) is 7.02. The first-order chi connectivity index (χ1) is 11.2. The van der Waals surface area contributed by atoms with E-state index in [1.807, 2.05) is 30.5 Å². The van der Waals surface area contributed by atoms with Gasteiger partial charge in [-0.2, -0.15) is 0 Å². The number of aromatic nitrogens is 2. The second-order valence-electron chi connectivity index (χ2n) is 4.76. The zero-order valence-electron chi connectivity index (χ0n) is 12.2. The summed E-state index contributed by atoms with van der Waals surface area (Å²) in [6, 6.07) is 10.7. The molecule has 0 saturated heterocycles. The average molecular weight is 331 g/mol. The SMILES string of the molecule is O=C(NCCOc1ncccc1Cl)Nc1cccc2[nH]ccc12. The number of anilines is 1. The van der Waals surface area contributed by atoms with Gasteiger partial charge in [-0.15, -0.1) is 0 Å². The van der Waals surface area contributed by atoms with Crippen molar-refractivity contribution in [2.24, 2.45) is 0 Å². The number of carbonyl (C=O) groups excluding carboxylic acids is 1. The maximum atomic E-state index is 11.9. The number of pyridine rings is 1. The Morgan fingerprint density at radius 3 is 3.04 bits per heavy atom. The van der Waals surface area contributed by atoms with Crippen molar-refractivity contribution >= 4 is 34.2 Å². The van der Waals surface area contributed by atoms with Crippen LogP contribution in [0.1, 0.15) is 0 Å². The summed E-state index contributed by atoms with van der Waals surface area (Å²) in [6.07, 6.45) is 3.43. The summed E-state index contributed by atoms with van der Waals surface area (Å²) in [5.41, 5.74) is 1.71. The number of nitrogens with zero attached hydrogens (tertiary/aromatic N) is 1. The Balaban J connectivity index is 1.48. The van der Waals surface area contributed by atoms with E-state index in [0.29, 0.717) is 17.4 Å². The monoisotopic (exact) mass is 330 g/mol. The minimum absolute atomic E-state index is 0.276. The topological polar surface area (TPSA) is 79.0 Å². The molecule has 2 amide bonds. The van der Waals surface area contributed by atoms with Crippen molar-refractivity contribution in [3.8, 4) is 5.88 Å². The number of halogens is 1. The van der Waals surface area contributed by atoms with E-state index in [4.69, 9.17) is 16.3 Å². The number of fused-ring (bicyclic) bond motifs is 1. The second-order valence-corrected chi connectivity index (χ2v) is 5.17. The summed E-state index contributed by atoms with van der Waals surface area (Å²) < 4.78 is 5.40. The lowest BCUT2D eigenvalue weighted by atomic mass is 10.2. The molecule has 3 rings (SSSR count). The lowest BCUT2D eigenvalue weighted by Crippen LogP contribution is -2.32. The molecule has 0 aliphatic rings. The van der Waals surface area contributed by atoms with Crippen molar-refractivity contribution in [2.45, 2.75) is 0 Å². The Kier molecular flexibility index (Phi) is 4.63. The first-order valence-electron chi connectivity index (χ1n) is 7.08. The fourth-order valence-electron chi connectivity index (χ4n) is 2.15. The summed E-state index contributed by atoms with van der Waals surface area (Å²) in [5.74, 6) is 0.355. The number of carbonyl (C=O) groups is 1. The van der Waals surface area contributed by atoms with Crippen LogP contribution >= 0.6 is 11.6 Å². The predicted octanol–water partition coefficient (Wildman–Crippen LogP) is 3.42. The summed E-state index contributed by atoms with van der Waals surface area (Å²) >= 11 is 5.93. The summed E-state index contributed by atoms with van der Waals surface area (Å²) in [5, 5.41) is 6.93. The molecule has 2 heterocycles. The molecule has 3 aromatic rings. The molecule has 0 bridgehead atoms. The number of rotatable bonds is 5. The molecule has 118 valence electrons. The highest BCUT2D eigenvalue weighted by atomic mass is 35.5. The van der Waals surface area contributed by atoms with Crippen LogP contribution in [0, 0.1) is 0 Å². The van der Waals surface area contributed by atoms with E-state index in [0.717, 1.165) is 16.6 Å². The molecular weight excluding hydrogens is 316 g/mol. The molecule has 2 aromatic heterocycles. The summed E-state index contributed by atoms with van der Waals surface area (Å²) in [7, 11) is 0. The van der Waals surface area contributed by atoms with Crippen LogP contribution in [-0.2, 0) is 0 Å². The van der Waals surface area contributed by atoms with E-state index in [2.05, 4.69) is 20.6 Å². The molecule has 0 atom stereocenters. The third kappa shape index (κ3) is 3.73. The van der Waals surface area contributed by atoms with Gasteiger partial charge in [0.1, 0.15) is 11.6 Å². The van der Waals surface area contributed by atoms with Crippen LogP contribution in [0.15, 0.2) is 48.8 Å². The molecule has 0 unspecified atom stereocenters. The van der Waals surface area contributed by atoms with E-state index in [9.17, 15) is 4.79 Å². The standard InChI is InChI=1S/C16H15ClN4O2/c17-12-3-2-7-19-15(12)23-10-9-20-16(22)21-14-5-1-4-13-11(14)6-8-18-13/h1-8,18H,9-10H2,(H2,20,21,22). The Labute approximate surface area is 137 Å².